The van der Waals surface area contributed by atoms with Crippen LogP contribution in [0.15, 0.2) is 4.99 Å². The van der Waals surface area contributed by atoms with Crippen molar-refractivity contribution in [2.75, 3.05) is 13.1 Å². The summed E-state index contributed by atoms with van der Waals surface area (Å²) in [6.45, 7) is 9.17. The molecule has 1 aliphatic carbocycles. The number of rotatable bonds is 7. The molecule has 0 bridgehead atoms. The maximum Gasteiger partial charge on any atom is 0.242 e. The first kappa shape index (κ1) is 18.3. The fraction of sp³-hybridized carbons (Fsp3) is 0.706. The van der Waals surface area contributed by atoms with Crippen LogP contribution in [0.1, 0.15) is 43.6 Å². The predicted molar refractivity (Wildman–Crippen MR) is 96.1 cm³/mol. The zero-order valence-corrected chi connectivity index (χ0v) is 15.4. The van der Waals surface area contributed by atoms with Gasteiger partial charge in [0.15, 0.2) is 5.96 Å². The van der Waals surface area contributed by atoms with Crippen LogP contribution in [-0.2, 0) is 18.3 Å². The van der Waals surface area contributed by atoms with E-state index in [-0.39, 0.29) is 18.5 Å². The Labute approximate surface area is 144 Å². The van der Waals surface area contributed by atoms with Crippen LogP contribution in [0.25, 0.3) is 0 Å². The average molecular weight is 334 g/mol. The van der Waals surface area contributed by atoms with Crippen molar-refractivity contribution in [1.29, 1.82) is 0 Å². The van der Waals surface area contributed by atoms with Gasteiger partial charge in [-0.25, -0.2) is 4.99 Å². The number of hydrogen-bond acceptors (Lipinski definition) is 3. The van der Waals surface area contributed by atoms with Gasteiger partial charge in [-0.1, -0.05) is 0 Å². The summed E-state index contributed by atoms with van der Waals surface area (Å²) in [7, 11) is 1.97. The summed E-state index contributed by atoms with van der Waals surface area (Å²) in [5.41, 5.74) is 3.51. The molecule has 1 saturated carbocycles. The van der Waals surface area contributed by atoms with Gasteiger partial charge in [-0.2, -0.15) is 5.10 Å². The topological polar surface area (TPSA) is 83.3 Å². The highest BCUT2D eigenvalue weighted by atomic mass is 16.2. The fourth-order valence-corrected chi connectivity index (χ4v) is 2.68. The van der Waals surface area contributed by atoms with Crippen LogP contribution in [-0.4, -0.2) is 46.8 Å². The van der Waals surface area contributed by atoms with Crippen molar-refractivity contribution in [3.05, 3.63) is 17.0 Å². The molecule has 134 valence electrons. The van der Waals surface area contributed by atoms with Gasteiger partial charge in [0.1, 0.15) is 6.54 Å². The highest BCUT2D eigenvalue weighted by molar-refractivity contribution is 5.85. The zero-order valence-electron chi connectivity index (χ0n) is 15.4. The molecule has 2 rings (SSSR count). The second-order valence-electron chi connectivity index (χ2n) is 6.56. The van der Waals surface area contributed by atoms with E-state index in [4.69, 9.17) is 0 Å². The van der Waals surface area contributed by atoms with Crippen molar-refractivity contribution in [3.8, 4) is 0 Å². The minimum absolute atomic E-state index is 0.0127. The van der Waals surface area contributed by atoms with Gasteiger partial charge >= 0.3 is 0 Å². The molecule has 1 fully saturated rings. The minimum atomic E-state index is -0.0127. The summed E-state index contributed by atoms with van der Waals surface area (Å²) in [6.07, 6.45) is 3.05. The molecule has 1 heterocycles. The lowest BCUT2D eigenvalue weighted by atomic mass is 10.1. The van der Waals surface area contributed by atoms with E-state index in [1.165, 1.54) is 11.3 Å². The molecular weight excluding hydrogens is 304 g/mol. The van der Waals surface area contributed by atoms with Crippen molar-refractivity contribution in [3.63, 3.8) is 0 Å². The van der Waals surface area contributed by atoms with Crippen molar-refractivity contribution in [2.45, 2.75) is 59.0 Å². The van der Waals surface area contributed by atoms with E-state index in [2.05, 4.69) is 39.9 Å². The van der Waals surface area contributed by atoms with Gasteiger partial charge in [0.2, 0.25) is 5.91 Å². The standard InChI is InChI=1S/C17H30N6O/c1-6-18-17(19-10-16(24)21-14-7-8-14)20-11(2)9-15-12(3)22-23(5)13(15)4/h11,14H,6-10H2,1-5H3,(H,21,24)(H2,18,19,20). The van der Waals surface area contributed by atoms with Gasteiger partial charge < -0.3 is 16.0 Å². The van der Waals surface area contributed by atoms with E-state index < -0.39 is 0 Å². The van der Waals surface area contributed by atoms with E-state index in [1.54, 1.807) is 0 Å². The maximum atomic E-state index is 11.8. The van der Waals surface area contributed by atoms with Crippen molar-refractivity contribution < 1.29 is 4.79 Å². The first-order valence-electron chi connectivity index (χ1n) is 8.74. The number of carbonyl (C=O) groups excluding carboxylic acids is 1. The molecule has 24 heavy (non-hydrogen) atoms. The van der Waals surface area contributed by atoms with Crippen molar-refractivity contribution >= 4 is 11.9 Å². The third kappa shape index (κ3) is 5.25. The molecule has 7 nitrogen and oxygen atoms in total. The van der Waals surface area contributed by atoms with E-state index in [0.29, 0.717) is 12.0 Å². The van der Waals surface area contributed by atoms with Gasteiger partial charge in [0.25, 0.3) is 0 Å². The second kappa shape index (κ2) is 8.17. The van der Waals surface area contributed by atoms with Gasteiger partial charge in [0.05, 0.1) is 5.69 Å². The number of nitrogens with zero attached hydrogens (tertiary/aromatic N) is 3. The zero-order chi connectivity index (χ0) is 17.7. The Morgan fingerprint density at radius 3 is 2.67 bits per heavy atom. The van der Waals surface area contributed by atoms with Crippen molar-refractivity contribution in [1.82, 2.24) is 25.7 Å². The molecule has 0 spiro atoms. The molecule has 1 atom stereocenters. The molecule has 1 aliphatic rings. The van der Waals surface area contributed by atoms with Gasteiger partial charge in [-0.15, -0.1) is 0 Å². The van der Waals surface area contributed by atoms with Crippen LogP contribution in [0.3, 0.4) is 0 Å². The van der Waals surface area contributed by atoms with Crippen LogP contribution in [0, 0.1) is 13.8 Å². The third-order valence-corrected chi connectivity index (χ3v) is 4.22. The number of aliphatic imine (C=N–C) groups is 1. The average Bonchev–Trinajstić information content (AvgIpc) is 3.29. The smallest absolute Gasteiger partial charge is 0.242 e. The number of guanidine groups is 1. The number of aryl methyl sites for hydroxylation is 2. The van der Waals surface area contributed by atoms with Crippen LogP contribution in [0.2, 0.25) is 0 Å². The van der Waals surface area contributed by atoms with E-state index in [1.807, 2.05) is 25.6 Å². The molecule has 1 aromatic heterocycles. The van der Waals surface area contributed by atoms with Gasteiger partial charge in [0, 0.05) is 31.4 Å². The second-order valence-corrected chi connectivity index (χ2v) is 6.56. The quantitative estimate of drug-likeness (QED) is 0.509. The van der Waals surface area contributed by atoms with Crippen LogP contribution >= 0.6 is 0 Å². The molecular formula is C17H30N6O. The lowest BCUT2D eigenvalue weighted by Crippen LogP contribution is -2.44. The van der Waals surface area contributed by atoms with Gasteiger partial charge in [-0.3, -0.25) is 9.48 Å². The Kier molecular flexibility index (Phi) is 6.23. The lowest BCUT2D eigenvalue weighted by Gasteiger charge is -2.18. The summed E-state index contributed by atoms with van der Waals surface area (Å²) in [4.78, 5) is 16.2. The minimum Gasteiger partial charge on any atom is -0.357 e. The molecule has 0 saturated heterocycles. The number of hydrogen-bond donors (Lipinski definition) is 3. The fourth-order valence-electron chi connectivity index (χ4n) is 2.68. The highest BCUT2D eigenvalue weighted by Crippen LogP contribution is 2.18. The van der Waals surface area contributed by atoms with Crippen LogP contribution < -0.4 is 16.0 Å². The molecule has 1 unspecified atom stereocenters. The molecule has 1 aromatic rings. The largest absolute Gasteiger partial charge is 0.357 e. The third-order valence-electron chi connectivity index (χ3n) is 4.22. The number of carbonyl (C=O) groups is 1. The van der Waals surface area contributed by atoms with Crippen LogP contribution in [0.5, 0.6) is 0 Å². The summed E-state index contributed by atoms with van der Waals surface area (Å²) < 4.78 is 1.92. The summed E-state index contributed by atoms with van der Waals surface area (Å²) in [5.74, 6) is 0.663. The molecule has 3 N–H and O–H groups in total. The molecule has 0 aromatic carbocycles. The van der Waals surface area contributed by atoms with Gasteiger partial charge in [-0.05, 0) is 52.5 Å². The number of amides is 1. The normalized spacial score (nSPS) is 16.0. The maximum absolute atomic E-state index is 11.8. The Hall–Kier alpha value is -2.05. The Morgan fingerprint density at radius 2 is 2.12 bits per heavy atom. The summed E-state index contributed by atoms with van der Waals surface area (Å²) in [5, 5.41) is 14.0. The molecule has 1 amide bonds. The molecule has 0 radical (unpaired) electrons. The number of nitrogens with one attached hydrogen (secondary N) is 3. The highest BCUT2D eigenvalue weighted by Gasteiger charge is 2.23. The Bertz CT molecular complexity index is 602. The molecule has 7 heteroatoms. The Morgan fingerprint density at radius 1 is 1.42 bits per heavy atom. The first-order valence-corrected chi connectivity index (χ1v) is 8.74. The first-order chi connectivity index (χ1) is 11.4. The van der Waals surface area contributed by atoms with E-state index in [9.17, 15) is 4.79 Å². The molecule has 0 aliphatic heterocycles. The van der Waals surface area contributed by atoms with Crippen LogP contribution in [0.4, 0.5) is 0 Å². The Balaban J connectivity index is 1.91. The monoisotopic (exact) mass is 334 g/mol. The van der Waals surface area contributed by atoms with E-state index >= 15 is 0 Å². The SMILES string of the molecule is CCNC(=NCC(=O)NC1CC1)NC(C)Cc1c(C)nn(C)c1C. The van der Waals surface area contributed by atoms with Crippen molar-refractivity contribution in [2.24, 2.45) is 12.0 Å². The lowest BCUT2D eigenvalue weighted by molar-refractivity contribution is -0.119. The summed E-state index contributed by atoms with van der Waals surface area (Å²) in [6, 6.07) is 0.564. The summed E-state index contributed by atoms with van der Waals surface area (Å²) >= 11 is 0. The predicted octanol–water partition coefficient (Wildman–Crippen LogP) is 0.802. The number of aromatic nitrogens is 2. The van der Waals surface area contributed by atoms with E-state index in [0.717, 1.165) is 31.5 Å².